The van der Waals surface area contributed by atoms with E-state index in [-0.39, 0.29) is 16.1 Å². The van der Waals surface area contributed by atoms with Gasteiger partial charge in [0.15, 0.2) is 6.61 Å². The number of benzene rings is 2. The minimum Gasteiger partial charge on any atom is -0.452 e. The zero-order valence-corrected chi connectivity index (χ0v) is 18.3. The van der Waals surface area contributed by atoms with Gasteiger partial charge in [-0.3, -0.25) is 4.79 Å². The van der Waals surface area contributed by atoms with Gasteiger partial charge in [-0.25, -0.2) is 22.3 Å². The summed E-state index contributed by atoms with van der Waals surface area (Å²) < 4.78 is 30.9. The van der Waals surface area contributed by atoms with Crippen LogP contribution in [0.3, 0.4) is 0 Å². The Morgan fingerprint density at radius 3 is 2.47 bits per heavy atom. The van der Waals surface area contributed by atoms with Crippen molar-refractivity contribution in [2.24, 2.45) is 0 Å². The molecule has 0 aliphatic heterocycles. The average Bonchev–Trinajstić information content (AvgIpc) is 3.05. The maximum atomic E-state index is 12.2. The molecule has 10 nitrogen and oxygen atoms in total. The number of anilines is 1. The Morgan fingerprint density at radius 1 is 1.13 bits per heavy atom. The third-order valence-electron chi connectivity index (χ3n) is 4.06. The summed E-state index contributed by atoms with van der Waals surface area (Å²) >= 11 is 3.29. The van der Waals surface area contributed by atoms with E-state index in [2.05, 4.69) is 31.2 Å². The molecule has 0 spiro atoms. The average molecular weight is 497 g/mol. The fourth-order valence-corrected chi connectivity index (χ4v) is 3.94. The first kappa shape index (κ1) is 21.7. The SMILES string of the molecule is CN(C)S(=O)(=O)c1cccc(C(=O)OCC(=O)Nc2cc3[nH]c(=O)[nH]c3cc2Br)c1. The number of sulfonamides is 1. The highest BCUT2D eigenvalue weighted by molar-refractivity contribution is 9.10. The Morgan fingerprint density at radius 2 is 1.80 bits per heavy atom. The lowest BCUT2D eigenvalue weighted by molar-refractivity contribution is -0.119. The first-order valence-electron chi connectivity index (χ1n) is 8.49. The third-order valence-corrected chi connectivity index (χ3v) is 6.53. The zero-order chi connectivity index (χ0) is 22.1. The number of esters is 1. The fourth-order valence-electron chi connectivity index (χ4n) is 2.55. The highest BCUT2D eigenvalue weighted by atomic mass is 79.9. The Hall–Kier alpha value is -2.96. The van der Waals surface area contributed by atoms with Crippen LogP contribution < -0.4 is 11.0 Å². The number of aromatic nitrogens is 2. The second kappa shape index (κ2) is 8.42. The molecule has 0 aliphatic rings. The van der Waals surface area contributed by atoms with Crippen LogP contribution in [0, 0.1) is 0 Å². The van der Waals surface area contributed by atoms with Crippen LogP contribution in [-0.2, 0) is 19.6 Å². The van der Waals surface area contributed by atoms with Gasteiger partial charge in [-0.2, -0.15) is 0 Å². The number of carbonyl (C=O) groups excluding carboxylic acids is 2. The van der Waals surface area contributed by atoms with Crippen LogP contribution in [0.1, 0.15) is 10.4 Å². The number of nitrogens with one attached hydrogen (secondary N) is 3. The molecule has 2 aromatic carbocycles. The summed E-state index contributed by atoms with van der Waals surface area (Å²) in [4.78, 5) is 40.9. The van der Waals surface area contributed by atoms with Crippen molar-refractivity contribution in [2.45, 2.75) is 4.90 Å². The fraction of sp³-hybridized carbons (Fsp3) is 0.167. The molecule has 30 heavy (non-hydrogen) atoms. The summed E-state index contributed by atoms with van der Waals surface area (Å²) in [6.07, 6.45) is 0. The van der Waals surface area contributed by atoms with E-state index >= 15 is 0 Å². The van der Waals surface area contributed by atoms with Crippen molar-refractivity contribution >= 4 is 54.6 Å². The molecule has 1 aromatic heterocycles. The first-order chi connectivity index (χ1) is 14.1. The van der Waals surface area contributed by atoms with E-state index in [0.717, 1.165) is 4.31 Å². The van der Waals surface area contributed by atoms with Gasteiger partial charge >= 0.3 is 11.7 Å². The van der Waals surface area contributed by atoms with Gasteiger partial charge in [0, 0.05) is 18.6 Å². The minimum absolute atomic E-state index is 0.00165. The molecule has 1 heterocycles. The molecule has 3 rings (SSSR count). The number of ether oxygens (including phenoxy) is 1. The monoisotopic (exact) mass is 496 g/mol. The highest BCUT2D eigenvalue weighted by Crippen LogP contribution is 2.26. The summed E-state index contributed by atoms with van der Waals surface area (Å²) in [6, 6.07) is 8.51. The molecule has 0 atom stereocenters. The maximum absolute atomic E-state index is 12.2. The summed E-state index contributed by atoms with van der Waals surface area (Å²) in [6.45, 7) is -0.586. The number of amides is 1. The Labute approximate surface area is 179 Å². The predicted molar refractivity (Wildman–Crippen MR) is 113 cm³/mol. The molecule has 3 N–H and O–H groups in total. The van der Waals surface area contributed by atoms with Gasteiger partial charge in [-0.15, -0.1) is 0 Å². The van der Waals surface area contributed by atoms with Gasteiger partial charge in [0.05, 0.1) is 27.2 Å². The van der Waals surface area contributed by atoms with E-state index in [9.17, 15) is 22.8 Å². The van der Waals surface area contributed by atoms with Crippen molar-refractivity contribution in [3.05, 3.63) is 56.9 Å². The number of H-pyrrole nitrogens is 2. The van der Waals surface area contributed by atoms with Gasteiger partial charge in [-0.05, 0) is 46.3 Å². The molecule has 0 saturated heterocycles. The van der Waals surface area contributed by atoms with Gasteiger partial charge in [0.2, 0.25) is 10.0 Å². The minimum atomic E-state index is -3.71. The van der Waals surface area contributed by atoms with E-state index in [4.69, 9.17) is 4.74 Å². The number of rotatable bonds is 6. The number of nitrogens with zero attached hydrogens (tertiary/aromatic N) is 1. The number of hydrogen-bond donors (Lipinski definition) is 3. The van der Waals surface area contributed by atoms with Gasteiger partial charge < -0.3 is 20.0 Å². The second-order valence-electron chi connectivity index (χ2n) is 6.40. The van der Waals surface area contributed by atoms with Crippen LogP contribution in [-0.4, -0.2) is 55.3 Å². The molecule has 0 saturated carbocycles. The number of hydrogen-bond acceptors (Lipinski definition) is 6. The number of aromatic amines is 2. The Balaban J connectivity index is 1.67. The van der Waals surface area contributed by atoms with Crippen molar-refractivity contribution in [1.82, 2.24) is 14.3 Å². The molecule has 0 aliphatic carbocycles. The number of imidazole rings is 1. The summed E-state index contributed by atoms with van der Waals surface area (Å²) in [5.74, 6) is -1.45. The summed E-state index contributed by atoms with van der Waals surface area (Å²) in [5, 5.41) is 2.57. The van der Waals surface area contributed by atoms with E-state index in [0.29, 0.717) is 21.2 Å². The van der Waals surface area contributed by atoms with Crippen LogP contribution >= 0.6 is 15.9 Å². The highest BCUT2D eigenvalue weighted by Gasteiger charge is 2.19. The predicted octanol–water partition coefficient (Wildman–Crippen LogP) is 1.66. The van der Waals surface area contributed by atoms with Crippen LogP contribution in [0.15, 0.2) is 50.6 Å². The molecule has 0 unspecified atom stereocenters. The zero-order valence-electron chi connectivity index (χ0n) is 15.9. The quantitative estimate of drug-likeness (QED) is 0.443. The van der Waals surface area contributed by atoms with Crippen molar-refractivity contribution in [2.75, 3.05) is 26.0 Å². The normalized spacial score (nSPS) is 11.6. The molecular weight excluding hydrogens is 480 g/mol. The van der Waals surface area contributed by atoms with Gasteiger partial charge in [0.25, 0.3) is 5.91 Å². The van der Waals surface area contributed by atoms with E-state index in [1.54, 1.807) is 12.1 Å². The van der Waals surface area contributed by atoms with E-state index in [1.165, 1.54) is 38.4 Å². The van der Waals surface area contributed by atoms with Crippen molar-refractivity contribution in [1.29, 1.82) is 0 Å². The standard InChI is InChI=1S/C18H17BrN4O6S/c1-23(2)30(27,28)11-5-3-4-10(6-11)17(25)29-9-16(24)20-13-8-15-14(7-12(13)19)21-18(26)22-15/h3-8H,9H2,1-2H3,(H,20,24)(H2,21,22,26). The number of fused-ring (bicyclic) bond motifs is 1. The molecule has 12 heteroatoms. The molecule has 158 valence electrons. The molecular formula is C18H17BrN4O6S. The second-order valence-corrected chi connectivity index (χ2v) is 9.40. The summed E-state index contributed by atoms with van der Waals surface area (Å²) in [5.41, 5.74) is 1.04. The topological polar surface area (TPSA) is 141 Å². The maximum Gasteiger partial charge on any atom is 0.338 e. The first-order valence-corrected chi connectivity index (χ1v) is 10.7. The van der Waals surface area contributed by atoms with Gasteiger partial charge in [-0.1, -0.05) is 6.07 Å². The lowest BCUT2D eigenvalue weighted by Crippen LogP contribution is -2.23. The van der Waals surface area contributed by atoms with E-state index < -0.39 is 28.5 Å². The van der Waals surface area contributed by atoms with Crippen LogP contribution in [0.2, 0.25) is 0 Å². The largest absolute Gasteiger partial charge is 0.452 e. The summed E-state index contributed by atoms with van der Waals surface area (Å²) in [7, 11) is -0.956. The Bertz CT molecular complexity index is 1300. The molecule has 1 amide bonds. The lowest BCUT2D eigenvalue weighted by Gasteiger charge is -2.12. The molecule has 0 fully saturated rings. The molecule has 3 aromatic rings. The Kier molecular flexibility index (Phi) is 6.10. The van der Waals surface area contributed by atoms with E-state index in [1.807, 2.05) is 0 Å². The lowest BCUT2D eigenvalue weighted by atomic mass is 10.2. The number of carbonyl (C=O) groups is 2. The smallest absolute Gasteiger partial charge is 0.338 e. The van der Waals surface area contributed by atoms with Crippen molar-refractivity contribution in [3.63, 3.8) is 0 Å². The number of halogens is 1. The van der Waals surface area contributed by atoms with Crippen molar-refractivity contribution in [3.8, 4) is 0 Å². The van der Waals surface area contributed by atoms with Crippen molar-refractivity contribution < 1.29 is 22.7 Å². The third kappa shape index (κ3) is 4.61. The van der Waals surface area contributed by atoms with Crippen LogP contribution in [0.5, 0.6) is 0 Å². The van der Waals surface area contributed by atoms with Crippen LogP contribution in [0.4, 0.5) is 5.69 Å². The molecule has 0 radical (unpaired) electrons. The van der Waals surface area contributed by atoms with Crippen LogP contribution in [0.25, 0.3) is 11.0 Å². The molecule has 0 bridgehead atoms. The van der Waals surface area contributed by atoms with Gasteiger partial charge in [0.1, 0.15) is 0 Å².